The first kappa shape index (κ1) is 13.3. The van der Waals surface area contributed by atoms with Crippen LogP contribution in [-0.4, -0.2) is 28.6 Å². The minimum Gasteiger partial charge on any atom is -0.478 e. The lowest BCUT2D eigenvalue weighted by molar-refractivity contribution is 0.0697. The highest BCUT2D eigenvalue weighted by Gasteiger charge is 2.32. The summed E-state index contributed by atoms with van der Waals surface area (Å²) in [5.74, 6) is 0.160. The minimum absolute atomic E-state index is 0.275. The zero-order valence-electron chi connectivity index (χ0n) is 10.6. The zero-order chi connectivity index (χ0) is 13.3. The second kappa shape index (κ2) is 5.26. The molecule has 98 valence electrons. The summed E-state index contributed by atoms with van der Waals surface area (Å²) >= 11 is 3.27. The first-order valence-corrected chi connectivity index (χ1v) is 6.94. The topological polar surface area (TPSA) is 53.4 Å². The molecule has 5 heteroatoms. The lowest BCUT2D eigenvalue weighted by atomic mass is 10.1. The highest BCUT2D eigenvalue weighted by molar-refractivity contribution is 9.10. The number of pyridine rings is 1. The molecular formula is C13H17BrN2O2. The number of aromatic carboxylic acids is 1. The van der Waals surface area contributed by atoms with Gasteiger partial charge in [0.2, 0.25) is 0 Å². The van der Waals surface area contributed by atoms with Crippen molar-refractivity contribution in [2.75, 3.05) is 11.4 Å². The Labute approximate surface area is 115 Å². The lowest BCUT2D eigenvalue weighted by Crippen LogP contribution is -2.32. The van der Waals surface area contributed by atoms with Gasteiger partial charge in [-0.15, -0.1) is 0 Å². The number of hydrogen-bond acceptors (Lipinski definition) is 3. The van der Waals surface area contributed by atoms with Gasteiger partial charge in [0.1, 0.15) is 11.4 Å². The highest BCUT2D eigenvalue weighted by Crippen LogP contribution is 2.33. The number of rotatable bonds is 5. The molecule has 0 unspecified atom stereocenters. The normalized spacial score (nSPS) is 14.9. The number of halogens is 1. The molecule has 1 N–H and O–H groups in total. The number of carbonyl (C=O) groups is 1. The van der Waals surface area contributed by atoms with E-state index in [1.165, 1.54) is 0 Å². The second-order valence-electron chi connectivity index (χ2n) is 5.11. The maximum absolute atomic E-state index is 11.3. The third kappa shape index (κ3) is 3.02. The zero-order valence-corrected chi connectivity index (χ0v) is 12.1. The van der Waals surface area contributed by atoms with E-state index in [2.05, 4.69) is 39.7 Å². The van der Waals surface area contributed by atoms with E-state index >= 15 is 0 Å². The Morgan fingerprint density at radius 3 is 2.78 bits per heavy atom. The number of hydrogen-bond donors (Lipinski definition) is 1. The van der Waals surface area contributed by atoms with Crippen LogP contribution in [-0.2, 0) is 0 Å². The molecule has 0 spiro atoms. The van der Waals surface area contributed by atoms with Crippen LogP contribution in [0.5, 0.6) is 0 Å². The van der Waals surface area contributed by atoms with Gasteiger partial charge in [-0.3, -0.25) is 0 Å². The SMILES string of the molecule is CC(C)CN(c1ncc(Br)cc1C(=O)O)C1CC1. The molecule has 18 heavy (non-hydrogen) atoms. The van der Waals surface area contributed by atoms with Gasteiger partial charge in [0.15, 0.2) is 0 Å². The second-order valence-corrected chi connectivity index (χ2v) is 6.02. The molecule has 4 nitrogen and oxygen atoms in total. The molecule has 1 heterocycles. The van der Waals surface area contributed by atoms with Gasteiger partial charge >= 0.3 is 5.97 Å². The van der Waals surface area contributed by atoms with Crippen molar-refractivity contribution in [1.82, 2.24) is 4.98 Å². The standard InChI is InChI=1S/C13H17BrN2O2/c1-8(2)7-16(10-3-4-10)12-11(13(17)18)5-9(14)6-15-12/h5-6,8,10H,3-4,7H2,1-2H3,(H,17,18). The maximum atomic E-state index is 11.3. The molecule has 0 aromatic carbocycles. The van der Waals surface area contributed by atoms with Crippen molar-refractivity contribution in [3.8, 4) is 0 Å². The molecule has 0 aliphatic heterocycles. The summed E-state index contributed by atoms with van der Waals surface area (Å²) in [7, 11) is 0. The summed E-state index contributed by atoms with van der Waals surface area (Å²) in [4.78, 5) is 17.8. The van der Waals surface area contributed by atoms with Crippen molar-refractivity contribution in [2.24, 2.45) is 5.92 Å². The predicted molar refractivity (Wildman–Crippen MR) is 74.1 cm³/mol. The van der Waals surface area contributed by atoms with Crippen LogP contribution in [0.3, 0.4) is 0 Å². The Morgan fingerprint density at radius 2 is 2.28 bits per heavy atom. The molecule has 2 rings (SSSR count). The number of carboxylic acids is 1. The molecule has 1 fully saturated rings. The van der Waals surface area contributed by atoms with Gasteiger partial charge in [0.25, 0.3) is 0 Å². The van der Waals surface area contributed by atoms with E-state index in [4.69, 9.17) is 0 Å². The van der Waals surface area contributed by atoms with E-state index in [1.807, 2.05) is 0 Å². The summed E-state index contributed by atoms with van der Waals surface area (Å²) in [5.41, 5.74) is 0.275. The van der Waals surface area contributed by atoms with Crippen LogP contribution in [0.25, 0.3) is 0 Å². The van der Waals surface area contributed by atoms with Crippen molar-refractivity contribution in [3.05, 3.63) is 22.3 Å². The Morgan fingerprint density at radius 1 is 1.61 bits per heavy atom. The Balaban J connectivity index is 2.37. The molecule has 0 radical (unpaired) electrons. The van der Waals surface area contributed by atoms with Crippen molar-refractivity contribution in [1.29, 1.82) is 0 Å². The molecule has 0 amide bonds. The average molecular weight is 313 g/mol. The van der Waals surface area contributed by atoms with Gasteiger partial charge in [-0.05, 0) is 40.8 Å². The van der Waals surface area contributed by atoms with Crippen LogP contribution in [0, 0.1) is 5.92 Å². The smallest absolute Gasteiger partial charge is 0.339 e. The predicted octanol–water partition coefficient (Wildman–Crippen LogP) is 3.17. The number of carboxylic acid groups (broad SMARTS) is 1. The molecule has 1 aromatic heterocycles. The van der Waals surface area contributed by atoms with Gasteiger partial charge in [-0.25, -0.2) is 9.78 Å². The summed E-state index contributed by atoms with van der Waals surface area (Å²) < 4.78 is 0.698. The van der Waals surface area contributed by atoms with Gasteiger partial charge < -0.3 is 10.0 Å². The molecule has 1 aromatic rings. The average Bonchev–Trinajstić information content (AvgIpc) is 3.09. The fourth-order valence-corrected chi connectivity index (χ4v) is 2.34. The van der Waals surface area contributed by atoms with Gasteiger partial charge in [-0.2, -0.15) is 0 Å². The molecule has 0 atom stereocenters. The van der Waals surface area contributed by atoms with E-state index in [1.54, 1.807) is 12.3 Å². The number of nitrogens with zero attached hydrogens (tertiary/aromatic N) is 2. The van der Waals surface area contributed by atoms with Crippen LogP contribution in [0.15, 0.2) is 16.7 Å². The molecule has 0 bridgehead atoms. The summed E-state index contributed by atoms with van der Waals surface area (Å²) in [6.07, 6.45) is 3.92. The summed E-state index contributed by atoms with van der Waals surface area (Å²) in [6, 6.07) is 2.08. The van der Waals surface area contributed by atoms with E-state index in [-0.39, 0.29) is 5.56 Å². The highest BCUT2D eigenvalue weighted by atomic mass is 79.9. The molecule has 1 saturated carbocycles. The van der Waals surface area contributed by atoms with Crippen molar-refractivity contribution in [2.45, 2.75) is 32.7 Å². The number of aromatic nitrogens is 1. The van der Waals surface area contributed by atoms with Crippen LogP contribution < -0.4 is 4.90 Å². The van der Waals surface area contributed by atoms with Crippen molar-refractivity contribution >= 4 is 27.7 Å². The molecule has 1 aliphatic rings. The third-order valence-electron chi connectivity index (χ3n) is 2.89. The van der Waals surface area contributed by atoms with Crippen LogP contribution >= 0.6 is 15.9 Å². The fourth-order valence-electron chi connectivity index (χ4n) is 2.01. The summed E-state index contributed by atoms with van der Waals surface area (Å²) in [6.45, 7) is 5.11. The molecular weight excluding hydrogens is 296 g/mol. The Hall–Kier alpha value is -1.10. The Bertz CT molecular complexity index is 458. The fraction of sp³-hybridized carbons (Fsp3) is 0.538. The first-order valence-electron chi connectivity index (χ1n) is 6.14. The molecule has 0 saturated heterocycles. The van der Waals surface area contributed by atoms with Gasteiger partial charge in [0, 0.05) is 23.3 Å². The quantitative estimate of drug-likeness (QED) is 0.907. The monoisotopic (exact) mass is 312 g/mol. The third-order valence-corrected chi connectivity index (χ3v) is 3.32. The van der Waals surface area contributed by atoms with Crippen LogP contribution in [0.1, 0.15) is 37.0 Å². The lowest BCUT2D eigenvalue weighted by Gasteiger charge is -2.26. The van der Waals surface area contributed by atoms with Gasteiger partial charge in [-0.1, -0.05) is 13.8 Å². The Kier molecular flexibility index (Phi) is 3.90. The van der Waals surface area contributed by atoms with Gasteiger partial charge in [0.05, 0.1) is 0 Å². The van der Waals surface area contributed by atoms with E-state index in [0.717, 1.165) is 19.4 Å². The van der Waals surface area contributed by atoms with Crippen molar-refractivity contribution in [3.63, 3.8) is 0 Å². The first-order chi connectivity index (χ1) is 8.49. The van der Waals surface area contributed by atoms with Crippen molar-refractivity contribution < 1.29 is 9.90 Å². The largest absolute Gasteiger partial charge is 0.478 e. The minimum atomic E-state index is -0.923. The van der Waals surface area contributed by atoms with E-state index in [9.17, 15) is 9.90 Å². The summed E-state index contributed by atoms with van der Waals surface area (Å²) in [5, 5.41) is 9.29. The maximum Gasteiger partial charge on any atom is 0.339 e. The number of anilines is 1. The van der Waals surface area contributed by atoms with Crippen LogP contribution in [0.4, 0.5) is 5.82 Å². The van der Waals surface area contributed by atoms with E-state index in [0.29, 0.717) is 22.3 Å². The van der Waals surface area contributed by atoms with Crippen LogP contribution in [0.2, 0.25) is 0 Å². The molecule has 1 aliphatic carbocycles. The van der Waals surface area contributed by atoms with E-state index < -0.39 is 5.97 Å².